The Morgan fingerprint density at radius 3 is 1.88 bits per heavy atom. The highest BCUT2D eigenvalue weighted by molar-refractivity contribution is 7.33. The number of aliphatic hydroxyl groups is 1. The van der Waals surface area contributed by atoms with Gasteiger partial charge in [0.2, 0.25) is 0 Å². The van der Waals surface area contributed by atoms with Crippen molar-refractivity contribution in [3.05, 3.63) is 0 Å². The molecule has 2 N–H and O–H groups in total. The number of ether oxygens (including phenoxy) is 1. The van der Waals surface area contributed by atoms with Crippen LogP contribution in [-0.2, 0) is 18.3 Å². The molecule has 1 saturated heterocycles. The molecule has 1 fully saturated rings. The zero-order valence-electron chi connectivity index (χ0n) is 26.2. The molecule has 1 heterocycles. The zero-order chi connectivity index (χ0) is 28.8. The number of quaternary nitrogens is 1. The van der Waals surface area contributed by atoms with Crippen LogP contribution in [0.1, 0.15) is 122 Å². The van der Waals surface area contributed by atoms with E-state index in [9.17, 15) is 14.5 Å². The maximum absolute atomic E-state index is 12.5. The van der Waals surface area contributed by atoms with Crippen LogP contribution in [0.15, 0.2) is 0 Å². The molecule has 1 amide bonds. The van der Waals surface area contributed by atoms with E-state index in [0.29, 0.717) is 43.8 Å². The van der Waals surface area contributed by atoms with Gasteiger partial charge < -0.3 is 29.2 Å². The number of nitrogens with zero attached hydrogens (tertiary/aromatic N) is 2. The van der Waals surface area contributed by atoms with Crippen molar-refractivity contribution in [1.29, 1.82) is 0 Å². The molecule has 0 aromatic heterocycles. The van der Waals surface area contributed by atoms with Gasteiger partial charge in [0.25, 0.3) is 0 Å². The van der Waals surface area contributed by atoms with Gasteiger partial charge in [-0.1, -0.05) is 103 Å². The van der Waals surface area contributed by atoms with E-state index in [2.05, 4.69) is 6.92 Å². The first-order valence-electron chi connectivity index (χ1n) is 16.0. The lowest BCUT2D eigenvalue weighted by atomic mass is 9.98. The van der Waals surface area contributed by atoms with E-state index in [4.69, 9.17) is 13.8 Å². The van der Waals surface area contributed by atoms with Crippen molar-refractivity contribution in [1.82, 2.24) is 4.90 Å². The number of likely N-dealkylation sites (N-methyl/N-ethyl adjacent to an activating group) is 1. The monoisotopic (exact) mass is 594 g/mol. The molecule has 3 unspecified atom stereocenters. The average molecular weight is 595 g/mol. The first-order valence-corrected chi connectivity index (χ1v) is 17.2. The molecule has 0 aromatic rings. The molecule has 1 rings (SSSR count). The van der Waals surface area contributed by atoms with Gasteiger partial charge in [-0.3, -0.25) is 9.09 Å². The second-order valence-corrected chi connectivity index (χ2v) is 13.4. The van der Waals surface area contributed by atoms with Crippen molar-refractivity contribution >= 4 is 14.3 Å². The van der Waals surface area contributed by atoms with Crippen LogP contribution in [0.4, 0.5) is 4.79 Å². The quantitative estimate of drug-likeness (QED) is 0.0537. The summed E-state index contributed by atoms with van der Waals surface area (Å²) in [4.78, 5) is 14.1. The zero-order valence-corrected chi connectivity index (χ0v) is 27.2. The van der Waals surface area contributed by atoms with Crippen LogP contribution in [0.5, 0.6) is 0 Å². The van der Waals surface area contributed by atoms with Crippen LogP contribution in [0, 0.1) is 5.92 Å². The molecule has 1 aliphatic heterocycles. The highest BCUT2D eigenvalue weighted by Gasteiger charge is 2.31. The lowest BCUT2D eigenvalue weighted by Gasteiger charge is -2.34. The SMILES string of the molecule is CCCCCCCCCCCCCCCCCCOC(=O)N1CCCC(C(O)O[PH](=O)OCC[N+](C)(C)C)C1.[OH-]. The molecule has 0 aromatic carbocycles. The van der Waals surface area contributed by atoms with E-state index >= 15 is 0 Å². The summed E-state index contributed by atoms with van der Waals surface area (Å²) in [6.45, 7) is 4.65. The fourth-order valence-electron chi connectivity index (χ4n) is 4.94. The Bertz CT molecular complexity index is 634. The van der Waals surface area contributed by atoms with E-state index in [0.717, 1.165) is 19.3 Å². The molecule has 0 aliphatic carbocycles. The van der Waals surface area contributed by atoms with Gasteiger partial charge in [-0.15, -0.1) is 0 Å². The van der Waals surface area contributed by atoms with Gasteiger partial charge in [0, 0.05) is 19.0 Å². The second-order valence-electron chi connectivity index (χ2n) is 12.4. The van der Waals surface area contributed by atoms with Crippen molar-refractivity contribution in [2.24, 2.45) is 5.92 Å². The first-order chi connectivity index (χ1) is 18.7. The molecule has 0 saturated carbocycles. The third kappa shape index (κ3) is 22.0. The molecule has 0 bridgehead atoms. The third-order valence-corrected chi connectivity index (χ3v) is 8.42. The van der Waals surface area contributed by atoms with E-state index in [-0.39, 0.29) is 17.5 Å². The lowest BCUT2D eigenvalue weighted by Crippen LogP contribution is -2.44. The number of aliphatic hydroxyl groups excluding tert-OH is 1. The molecular formula is C30H63N2O7P. The number of hydrogen-bond donors (Lipinski definition) is 1. The van der Waals surface area contributed by atoms with Crippen molar-refractivity contribution < 1.29 is 38.2 Å². The van der Waals surface area contributed by atoms with Crippen LogP contribution in [0.2, 0.25) is 0 Å². The Balaban J connectivity index is 0.0000152. The summed E-state index contributed by atoms with van der Waals surface area (Å²) in [5, 5.41) is 10.4. The van der Waals surface area contributed by atoms with Gasteiger partial charge in [-0.25, -0.2) is 4.79 Å². The Morgan fingerprint density at radius 2 is 1.38 bits per heavy atom. The minimum Gasteiger partial charge on any atom is -0.870 e. The summed E-state index contributed by atoms with van der Waals surface area (Å²) < 4.78 is 28.7. The standard InChI is InChI=1S/C30H62N2O6P.H2O/c1-5-6-7-8-9-10-11-12-13-14-15-16-17-18-19-20-25-36-30(34)31-23-21-22-28(27-31)29(33)38-39(35)37-26-24-32(2,3)4;/h28-29,33,39H,5-27H2,1-4H3;1H2/q+1;/p-1. The van der Waals surface area contributed by atoms with E-state index in [1.54, 1.807) is 4.90 Å². The Morgan fingerprint density at radius 1 is 0.875 bits per heavy atom. The van der Waals surface area contributed by atoms with E-state index in [1.807, 2.05) is 21.1 Å². The van der Waals surface area contributed by atoms with Gasteiger partial charge in [-0.05, 0) is 19.3 Å². The van der Waals surface area contributed by atoms with Gasteiger partial charge in [0.15, 0.2) is 6.29 Å². The minimum absolute atomic E-state index is 0. The normalized spacial score (nSPS) is 17.3. The van der Waals surface area contributed by atoms with Crippen molar-refractivity contribution in [2.75, 3.05) is 54.0 Å². The van der Waals surface area contributed by atoms with Gasteiger partial charge in [0.1, 0.15) is 13.2 Å². The number of hydrogen-bond acceptors (Lipinski definition) is 7. The molecule has 0 spiro atoms. The molecule has 0 radical (unpaired) electrons. The third-order valence-electron chi connectivity index (χ3n) is 7.54. The van der Waals surface area contributed by atoms with Gasteiger partial charge >= 0.3 is 14.3 Å². The Labute approximate surface area is 246 Å². The lowest BCUT2D eigenvalue weighted by molar-refractivity contribution is -0.870. The van der Waals surface area contributed by atoms with Crippen LogP contribution in [0.3, 0.4) is 0 Å². The molecule has 40 heavy (non-hydrogen) atoms. The number of unbranched alkanes of at least 4 members (excludes halogenated alkanes) is 15. The van der Waals surface area contributed by atoms with Crippen LogP contribution in [-0.4, -0.2) is 86.3 Å². The number of carbonyl (C=O) groups is 1. The molecule has 240 valence electrons. The van der Waals surface area contributed by atoms with Crippen LogP contribution >= 0.6 is 8.25 Å². The van der Waals surface area contributed by atoms with E-state index < -0.39 is 14.5 Å². The summed E-state index contributed by atoms with van der Waals surface area (Å²) in [7, 11) is 3.28. The first kappa shape index (κ1) is 39.3. The predicted octanol–water partition coefficient (Wildman–Crippen LogP) is 7.37. The maximum atomic E-state index is 12.5. The topological polar surface area (TPSA) is 115 Å². The summed E-state index contributed by atoms with van der Waals surface area (Å²) >= 11 is 0. The fraction of sp³-hybridized carbons (Fsp3) is 0.967. The maximum Gasteiger partial charge on any atom is 0.409 e. The number of rotatable bonds is 24. The summed E-state index contributed by atoms with van der Waals surface area (Å²) in [6, 6.07) is 0. The highest BCUT2D eigenvalue weighted by atomic mass is 31.1. The number of piperidine rings is 1. The van der Waals surface area contributed by atoms with Gasteiger partial charge in [0.05, 0.1) is 27.7 Å². The summed E-state index contributed by atoms with van der Waals surface area (Å²) in [5.41, 5.74) is 0. The number of carbonyl (C=O) groups excluding carboxylic acids is 1. The van der Waals surface area contributed by atoms with Crippen LogP contribution < -0.4 is 0 Å². The minimum atomic E-state index is -2.78. The molecule has 9 nitrogen and oxygen atoms in total. The molecule has 1 aliphatic rings. The summed E-state index contributed by atoms with van der Waals surface area (Å²) in [6.07, 6.45) is 21.0. The Hall–Kier alpha value is -0.700. The van der Waals surface area contributed by atoms with Crippen molar-refractivity contribution in [2.45, 2.75) is 129 Å². The van der Waals surface area contributed by atoms with Crippen LogP contribution in [0.25, 0.3) is 0 Å². The smallest absolute Gasteiger partial charge is 0.409 e. The summed E-state index contributed by atoms with van der Waals surface area (Å²) in [5.74, 6) is -0.294. The Kier molecular flexibility index (Phi) is 24.4. The fourth-order valence-corrected chi connectivity index (χ4v) is 5.66. The van der Waals surface area contributed by atoms with Crippen molar-refractivity contribution in [3.63, 3.8) is 0 Å². The van der Waals surface area contributed by atoms with Gasteiger partial charge in [-0.2, -0.15) is 0 Å². The average Bonchev–Trinajstić information content (AvgIpc) is 2.89. The number of likely N-dealkylation sites (tertiary alicyclic amines) is 1. The van der Waals surface area contributed by atoms with E-state index in [1.165, 1.54) is 89.9 Å². The number of amides is 1. The highest BCUT2D eigenvalue weighted by Crippen LogP contribution is 2.31. The molecular weight excluding hydrogens is 531 g/mol. The predicted molar refractivity (Wildman–Crippen MR) is 162 cm³/mol. The molecule has 3 atom stereocenters. The molecule has 10 heteroatoms. The largest absolute Gasteiger partial charge is 0.870 e. The van der Waals surface area contributed by atoms with Crippen molar-refractivity contribution in [3.8, 4) is 0 Å². The second kappa shape index (κ2) is 24.9.